The normalized spacial score (nSPS) is 11.4. The predicted octanol–water partition coefficient (Wildman–Crippen LogP) is 4.80. The summed E-state index contributed by atoms with van der Waals surface area (Å²) in [5, 5.41) is 7.76. The Morgan fingerprint density at radius 2 is 1.89 bits per heavy atom. The van der Waals surface area contributed by atoms with Gasteiger partial charge in [-0.3, -0.25) is 0 Å². The highest BCUT2D eigenvalue weighted by molar-refractivity contribution is 6.16. The minimum absolute atomic E-state index is 0.330. The molecule has 0 fully saturated rings. The van der Waals surface area contributed by atoms with Crippen molar-refractivity contribution in [2.24, 2.45) is 7.05 Å². The number of para-hydroxylation sites is 1. The van der Waals surface area contributed by atoms with Crippen molar-refractivity contribution >= 4 is 44.4 Å². The molecule has 2 aromatic heterocycles. The smallest absolute Gasteiger partial charge is 0.357 e. The van der Waals surface area contributed by atoms with E-state index >= 15 is 0 Å². The van der Waals surface area contributed by atoms with E-state index in [0.29, 0.717) is 12.3 Å². The third-order valence-corrected chi connectivity index (χ3v) is 5.08. The molecule has 0 atom stereocenters. The van der Waals surface area contributed by atoms with E-state index in [9.17, 15) is 4.79 Å². The van der Waals surface area contributed by atoms with E-state index in [1.807, 2.05) is 13.0 Å². The monoisotopic (exact) mass is 361 g/mol. The van der Waals surface area contributed by atoms with Crippen LogP contribution in [0.25, 0.3) is 32.6 Å². The lowest BCUT2D eigenvalue weighted by Crippen LogP contribution is -2.10. The molecule has 0 aliphatic carbocycles. The Balaban J connectivity index is 2.13. The maximum Gasteiger partial charge on any atom is 0.357 e. The van der Waals surface area contributed by atoms with Crippen LogP contribution >= 0.6 is 0 Å². The molecule has 5 nitrogen and oxygen atoms in total. The highest BCUT2D eigenvalue weighted by Crippen LogP contribution is 2.37. The van der Waals surface area contributed by atoms with E-state index in [-0.39, 0.29) is 0 Å². The Bertz CT molecular complexity index is 1190. The predicted molar refractivity (Wildman–Crippen MR) is 111 cm³/mol. The number of carbonyl (C=O) groups excluding carboxylic acids is 1. The fourth-order valence-electron chi connectivity index (χ4n) is 3.92. The lowest BCUT2D eigenvalue weighted by atomic mass is 10.0. The maximum atomic E-state index is 12.3. The Morgan fingerprint density at radius 1 is 1.11 bits per heavy atom. The number of esters is 1. The summed E-state index contributed by atoms with van der Waals surface area (Å²) in [5.74, 6) is 0.325. The summed E-state index contributed by atoms with van der Waals surface area (Å²) in [6.45, 7) is 6.98. The molecule has 4 aromatic rings. The lowest BCUT2D eigenvalue weighted by molar-refractivity contribution is 0.0520. The molecule has 4 rings (SSSR count). The topological polar surface area (TPSA) is 56.1 Å². The van der Waals surface area contributed by atoms with Crippen molar-refractivity contribution in [3.8, 4) is 0 Å². The molecule has 5 heteroatoms. The van der Waals surface area contributed by atoms with Gasteiger partial charge in [0.25, 0.3) is 0 Å². The number of nitrogens with one attached hydrogen (secondary N) is 1. The number of anilines is 1. The van der Waals surface area contributed by atoms with Crippen molar-refractivity contribution in [1.29, 1.82) is 0 Å². The fraction of sp³-hybridized carbons (Fsp3) is 0.273. The number of aryl methyl sites for hydroxylation is 2. The average molecular weight is 361 g/mol. The molecule has 27 heavy (non-hydrogen) atoms. The molecule has 0 saturated carbocycles. The number of pyridine rings is 1. The largest absolute Gasteiger partial charge is 0.461 e. The zero-order valence-corrected chi connectivity index (χ0v) is 16.1. The van der Waals surface area contributed by atoms with E-state index < -0.39 is 5.97 Å². The molecule has 0 unspecified atom stereocenters. The fourth-order valence-corrected chi connectivity index (χ4v) is 3.92. The minimum atomic E-state index is -0.393. The molecule has 0 aliphatic heterocycles. The van der Waals surface area contributed by atoms with Gasteiger partial charge in [0.1, 0.15) is 5.82 Å². The zero-order valence-electron chi connectivity index (χ0n) is 16.1. The number of rotatable bonds is 4. The SMILES string of the molecule is CCNc1nc(C(=O)OCC)cc2c(C)c3c(cc12)c1ccccc1n3C. The van der Waals surface area contributed by atoms with Gasteiger partial charge in [-0.15, -0.1) is 0 Å². The van der Waals surface area contributed by atoms with Crippen LogP contribution in [-0.2, 0) is 11.8 Å². The molecule has 0 aliphatic rings. The molecule has 0 amide bonds. The highest BCUT2D eigenvalue weighted by Gasteiger charge is 2.18. The van der Waals surface area contributed by atoms with Crippen LogP contribution in [0.4, 0.5) is 5.82 Å². The number of hydrogen-bond donors (Lipinski definition) is 1. The van der Waals surface area contributed by atoms with Gasteiger partial charge >= 0.3 is 5.97 Å². The molecule has 1 N–H and O–H groups in total. The van der Waals surface area contributed by atoms with Crippen molar-refractivity contribution in [2.75, 3.05) is 18.5 Å². The van der Waals surface area contributed by atoms with Gasteiger partial charge in [0.05, 0.1) is 12.1 Å². The first-order valence-corrected chi connectivity index (χ1v) is 9.29. The first-order valence-electron chi connectivity index (χ1n) is 9.29. The summed E-state index contributed by atoms with van der Waals surface area (Å²) in [6, 6.07) is 12.4. The maximum absolute atomic E-state index is 12.3. The number of carbonyl (C=O) groups is 1. The van der Waals surface area contributed by atoms with Crippen LogP contribution in [0.15, 0.2) is 36.4 Å². The Morgan fingerprint density at radius 3 is 2.63 bits per heavy atom. The second-order valence-corrected chi connectivity index (χ2v) is 6.68. The standard InChI is InChI=1S/C22H23N3O2/c1-5-23-21-17-11-16-14-9-7-8-10-19(14)25(4)20(16)13(3)15(17)12-18(24-21)22(26)27-6-2/h7-12H,5-6H2,1-4H3,(H,23,24). The number of benzene rings is 2. The van der Waals surface area contributed by atoms with Crippen LogP contribution in [0, 0.1) is 6.92 Å². The highest BCUT2D eigenvalue weighted by atomic mass is 16.5. The first kappa shape index (κ1) is 17.3. The van der Waals surface area contributed by atoms with Crippen molar-refractivity contribution in [3.05, 3.63) is 47.7 Å². The summed E-state index contributed by atoms with van der Waals surface area (Å²) in [4.78, 5) is 16.9. The molecular formula is C22H23N3O2. The third-order valence-electron chi connectivity index (χ3n) is 5.08. The van der Waals surface area contributed by atoms with Crippen LogP contribution in [0.2, 0.25) is 0 Å². The van der Waals surface area contributed by atoms with Gasteiger partial charge in [-0.1, -0.05) is 18.2 Å². The van der Waals surface area contributed by atoms with E-state index in [4.69, 9.17) is 4.74 Å². The van der Waals surface area contributed by atoms with Crippen molar-refractivity contribution in [1.82, 2.24) is 9.55 Å². The molecule has 0 radical (unpaired) electrons. The van der Waals surface area contributed by atoms with Crippen molar-refractivity contribution in [2.45, 2.75) is 20.8 Å². The molecular weight excluding hydrogens is 338 g/mol. The molecule has 0 saturated heterocycles. The summed E-state index contributed by atoms with van der Waals surface area (Å²) in [6.07, 6.45) is 0. The van der Waals surface area contributed by atoms with Crippen LogP contribution in [0.3, 0.4) is 0 Å². The van der Waals surface area contributed by atoms with Crippen molar-refractivity contribution < 1.29 is 9.53 Å². The number of aromatic nitrogens is 2. The Kier molecular flexibility index (Phi) is 4.22. The number of ether oxygens (including phenoxy) is 1. The molecule has 0 spiro atoms. The van der Waals surface area contributed by atoms with Crippen LogP contribution in [-0.4, -0.2) is 28.7 Å². The van der Waals surface area contributed by atoms with E-state index in [1.165, 1.54) is 21.8 Å². The van der Waals surface area contributed by atoms with Gasteiger partial charge in [-0.05, 0) is 49.9 Å². The van der Waals surface area contributed by atoms with E-state index in [0.717, 1.165) is 28.7 Å². The van der Waals surface area contributed by atoms with Gasteiger partial charge in [0, 0.05) is 35.3 Å². The molecule has 2 aromatic carbocycles. The second-order valence-electron chi connectivity index (χ2n) is 6.68. The number of nitrogens with zero attached hydrogens (tertiary/aromatic N) is 2. The number of hydrogen-bond acceptors (Lipinski definition) is 4. The summed E-state index contributed by atoms with van der Waals surface area (Å²) < 4.78 is 7.39. The third kappa shape index (κ3) is 2.62. The van der Waals surface area contributed by atoms with Gasteiger partial charge in [-0.25, -0.2) is 9.78 Å². The lowest BCUT2D eigenvalue weighted by Gasteiger charge is -2.13. The van der Waals surface area contributed by atoms with Crippen LogP contribution in [0.1, 0.15) is 29.9 Å². The zero-order chi connectivity index (χ0) is 19.1. The first-order chi connectivity index (χ1) is 13.1. The summed E-state index contributed by atoms with van der Waals surface area (Å²) >= 11 is 0. The molecule has 138 valence electrons. The van der Waals surface area contributed by atoms with Crippen LogP contribution < -0.4 is 5.32 Å². The van der Waals surface area contributed by atoms with E-state index in [2.05, 4.69) is 59.2 Å². The van der Waals surface area contributed by atoms with Crippen molar-refractivity contribution in [3.63, 3.8) is 0 Å². The minimum Gasteiger partial charge on any atom is -0.461 e. The summed E-state index contributed by atoms with van der Waals surface area (Å²) in [7, 11) is 2.09. The van der Waals surface area contributed by atoms with Gasteiger partial charge in [-0.2, -0.15) is 0 Å². The van der Waals surface area contributed by atoms with Gasteiger partial charge < -0.3 is 14.6 Å². The number of fused-ring (bicyclic) bond motifs is 4. The van der Waals surface area contributed by atoms with E-state index in [1.54, 1.807) is 6.92 Å². The van der Waals surface area contributed by atoms with Gasteiger partial charge in [0.15, 0.2) is 5.69 Å². The van der Waals surface area contributed by atoms with Crippen LogP contribution in [0.5, 0.6) is 0 Å². The summed E-state index contributed by atoms with van der Waals surface area (Å²) in [5.41, 5.74) is 3.83. The average Bonchev–Trinajstić information content (AvgIpc) is 2.96. The van der Waals surface area contributed by atoms with Gasteiger partial charge in [0.2, 0.25) is 0 Å². The molecule has 0 bridgehead atoms. The molecule has 2 heterocycles. The second kappa shape index (κ2) is 6.58. The Hall–Kier alpha value is -3.08. The Labute approximate surface area is 157 Å². The quantitative estimate of drug-likeness (QED) is 0.531.